The summed E-state index contributed by atoms with van der Waals surface area (Å²) in [5.41, 5.74) is 3.67. The highest BCUT2D eigenvalue weighted by atomic mass is 16.3. The third-order valence-electron chi connectivity index (χ3n) is 4.48. The number of nitrogens with zero attached hydrogens (tertiary/aromatic N) is 2. The fourth-order valence-corrected chi connectivity index (χ4v) is 2.92. The fraction of sp³-hybridized carbons (Fsp3) is 0.471. The lowest BCUT2D eigenvalue weighted by molar-refractivity contribution is 0.132. The maximum Gasteiger partial charge on any atom is 0.0668 e. The van der Waals surface area contributed by atoms with Gasteiger partial charge >= 0.3 is 0 Å². The Balaban J connectivity index is 1.66. The summed E-state index contributed by atoms with van der Waals surface area (Å²) in [4.78, 5) is 0. The lowest BCUT2D eigenvalue weighted by atomic mass is 9.73. The molecular formula is C17H22N2O. The molecule has 3 heteroatoms. The molecule has 3 unspecified atom stereocenters. The first kappa shape index (κ1) is 13.4. The standard InChI is InChI=1S/C17H22N2O/c1-3-12(2)19-9-8-14(18-19)11-17(20)16-10-13-6-4-5-7-15(13)16/h4-9,12,16-17,20H,3,10-11H2,1-2H3. The topological polar surface area (TPSA) is 38.0 Å². The number of aliphatic hydroxyl groups excluding tert-OH is 1. The minimum atomic E-state index is -0.329. The summed E-state index contributed by atoms with van der Waals surface area (Å²) in [7, 11) is 0. The molecule has 0 saturated carbocycles. The van der Waals surface area contributed by atoms with Crippen molar-refractivity contribution in [3.8, 4) is 0 Å². The van der Waals surface area contributed by atoms with Crippen molar-refractivity contribution in [2.75, 3.05) is 0 Å². The molecule has 106 valence electrons. The number of aliphatic hydroxyl groups is 1. The number of fused-ring (bicyclic) bond motifs is 1. The molecule has 20 heavy (non-hydrogen) atoms. The molecule has 3 nitrogen and oxygen atoms in total. The molecule has 0 bridgehead atoms. The zero-order valence-electron chi connectivity index (χ0n) is 12.2. The van der Waals surface area contributed by atoms with Crippen molar-refractivity contribution in [1.29, 1.82) is 0 Å². The number of aromatic nitrogens is 2. The minimum absolute atomic E-state index is 0.278. The largest absolute Gasteiger partial charge is 0.392 e. The third-order valence-corrected chi connectivity index (χ3v) is 4.48. The van der Waals surface area contributed by atoms with E-state index in [0.29, 0.717) is 12.5 Å². The molecule has 2 aromatic rings. The van der Waals surface area contributed by atoms with Crippen LogP contribution in [0.3, 0.4) is 0 Å². The predicted octanol–water partition coefficient (Wildman–Crippen LogP) is 3.10. The van der Waals surface area contributed by atoms with Crippen molar-refractivity contribution in [3.63, 3.8) is 0 Å². The molecule has 0 amide bonds. The van der Waals surface area contributed by atoms with Crippen molar-refractivity contribution in [2.24, 2.45) is 0 Å². The van der Waals surface area contributed by atoms with Crippen LogP contribution < -0.4 is 0 Å². The van der Waals surface area contributed by atoms with E-state index in [1.165, 1.54) is 11.1 Å². The smallest absolute Gasteiger partial charge is 0.0668 e. The van der Waals surface area contributed by atoms with Crippen LogP contribution in [0.5, 0.6) is 0 Å². The van der Waals surface area contributed by atoms with Crippen LogP contribution >= 0.6 is 0 Å². The van der Waals surface area contributed by atoms with Crippen LogP contribution in [0.25, 0.3) is 0 Å². The third kappa shape index (κ3) is 2.38. The average Bonchev–Trinajstić information content (AvgIpc) is 2.87. The molecule has 1 N–H and O–H groups in total. The van der Waals surface area contributed by atoms with Crippen molar-refractivity contribution >= 4 is 0 Å². The van der Waals surface area contributed by atoms with Gasteiger partial charge in [0.05, 0.1) is 11.8 Å². The molecule has 1 heterocycles. The molecule has 0 spiro atoms. The summed E-state index contributed by atoms with van der Waals surface area (Å²) >= 11 is 0. The highest BCUT2D eigenvalue weighted by Gasteiger charge is 2.31. The van der Waals surface area contributed by atoms with Crippen LogP contribution in [-0.2, 0) is 12.8 Å². The van der Waals surface area contributed by atoms with Gasteiger partial charge in [0.15, 0.2) is 0 Å². The Hall–Kier alpha value is -1.61. The highest BCUT2D eigenvalue weighted by molar-refractivity contribution is 5.41. The van der Waals surface area contributed by atoms with E-state index in [-0.39, 0.29) is 12.0 Å². The Bertz CT molecular complexity index is 590. The average molecular weight is 270 g/mol. The van der Waals surface area contributed by atoms with E-state index in [1.54, 1.807) is 0 Å². The number of hydrogen-bond acceptors (Lipinski definition) is 2. The molecule has 1 aromatic heterocycles. The van der Waals surface area contributed by atoms with E-state index in [9.17, 15) is 5.11 Å². The summed E-state index contributed by atoms with van der Waals surface area (Å²) < 4.78 is 2.00. The summed E-state index contributed by atoms with van der Waals surface area (Å²) in [6.45, 7) is 4.32. The van der Waals surface area contributed by atoms with Crippen molar-refractivity contribution in [1.82, 2.24) is 9.78 Å². The van der Waals surface area contributed by atoms with E-state index >= 15 is 0 Å². The van der Waals surface area contributed by atoms with Gasteiger partial charge in [-0.25, -0.2) is 0 Å². The molecule has 1 aliphatic carbocycles. The maximum absolute atomic E-state index is 10.4. The van der Waals surface area contributed by atoms with Crippen LogP contribution in [0, 0.1) is 0 Å². The molecule has 0 fully saturated rings. The second kappa shape index (κ2) is 5.41. The number of hydrogen-bond donors (Lipinski definition) is 1. The Labute approximate surface area is 120 Å². The van der Waals surface area contributed by atoms with Gasteiger partial charge in [0.2, 0.25) is 0 Å². The number of rotatable bonds is 5. The van der Waals surface area contributed by atoms with E-state index in [4.69, 9.17) is 0 Å². The normalized spacial score (nSPS) is 20.1. The molecule has 1 aliphatic rings. The summed E-state index contributed by atoms with van der Waals surface area (Å²) in [6, 6.07) is 10.8. The quantitative estimate of drug-likeness (QED) is 0.906. The molecule has 0 aliphatic heterocycles. The van der Waals surface area contributed by atoms with Gasteiger partial charge in [-0.2, -0.15) is 5.10 Å². The molecular weight excluding hydrogens is 248 g/mol. The zero-order chi connectivity index (χ0) is 14.1. The van der Waals surface area contributed by atoms with Gasteiger partial charge in [-0.15, -0.1) is 0 Å². The summed E-state index contributed by atoms with van der Waals surface area (Å²) in [6.07, 6.45) is 4.39. The Morgan fingerprint density at radius 2 is 2.15 bits per heavy atom. The highest BCUT2D eigenvalue weighted by Crippen LogP contribution is 2.38. The molecule has 0 saturated heterocycles. The van der Waals surface area contributed by atoms with E-state index in [1.807, 2.05) is 16.9 Å². The molecule has 0 radical (unpaired) electrons. The zero-order valence-corrected chi connectivity index (χ0v) is 12.2. The van der Waals surface area contributed by atoms with Crippen LogP contribution in [0.1, 0.15) is 49.0 Å². The summed E-state index contributed by atoms with van der Waals surface area (Å²) in [5, 5.41) is 15.0. The van der Waals surface area contributed by atoms with Crippen LogP contribution in [0.4, 0.5) is 0 Å². The Morgan fingerprint density at radius 1 is 1.35 bits per heavy atom. The Kier molecular flexibility index (Phi) is 3.62. The van der Waals surface area contributed by atoms with Crippen molar-refractivity contribution < 1.29 is 5.11 Å². The van der Waals surface area contributed by atoms with Crippen LogP contribution in [0.15, 0.2) is 36.5 Å². The van der Waals surface area contributed by atoms with Crippen LogP contribution in [0.2, 0.25) is 0 Å². The Morgan fingerprint density at radius 3 is 2.90 bits per heavy atom. The summed E-state index contributed by atoms with van der Waals surface area (Å²) in [5.74, 6) is 0.278. The molecule has 3 atom stereocenters. The van der Waals surface area contributed by atoms with E-state index in [2.05, 4.69) is 43.2 Å². The first-order valence-corrected chi connectivity index (χ1v) is 7.49. The van der Waals surface area contributed by atoms with Gasteiger partial charge in [-0.3, -0.25) is 4.68 Å². The SMILES string of the molecule is CCC(C)n1ccc(CC(O)C2Cc3ccccc32)n1. The maximum atomic E-state index is 10.4. The van der Waals surface area contributed by atoms with Gasteiger partial charge < -0.3 is 5.11 Å². The van der Waals surface area contributed by atoms with E-state index < -0.39 is 0 Å². The first-order valence-electron chi connectivity index (χ1n) is 7.49. The van der Waals surface area contributed by atoms with Gasteiger partial charge in [0.1, 0.15) is 0 Å². The van der Waals surface area contributed by atoms with Gasteiger partial charge in [0.25, 0.3) is 0 Å². The number of benzene rings is 1. The van der Waals surface area contributed by atoms with E-state index in [0.717, 1.165) is 18.5 Å². The predicted molar refractivity (Wildman–Crippen MR) is 79.8 cm³/mol. The van der Waals surface area contributed by atoms with Gasteiger partial charge in [-0.05, 0) is 37.0 Å². The van der Waals surface area contributed by atoms with Crippen molar-refractivity contribution in [2.45, 2.75) is 51.2 Å². The van der Waals surface area contributed by atoms with Gasteiger partial charge in [0, 0.05) is 24.6 Å². The van der Waals surface area contributed by atoms with Crippen molar-refractivity contribution in [3.05, 3.63) is 53.3 Å². The molecule has 1 aromatic carbocycles. The first-order chi connectivity index (χ1) is 9.69. The second-order valence-corrected chi connectivity index (χ2v) is 5.83. The second-order valence-electron chi connectivity index (χ2n) is 5.83. The lowest BCUT2D eigenvalue weighted by Crippen LogP contribution is -2.30. The lowest BCUT2D eigenvalue weighted by Gasteiger charge is -2.33. The van der Waals surface area contributed by atoms with Gasteiger partial charge in [-0.1, -0.05) is 31.2 Å². The molecule has 3 rings (SSSR count). The fourth-order valence-electron chi connectivity index (χ4n) is 2.92. The van der Waals surface area contributed by atoms with Crippen LogP contribution in [-0.4, -0.2) is 21.0 Å². The monoisotopic (exact) mass is 270 g/mol. The minimum Gasteiger partial charge on any atom is -0.392 e.